The molecule has 0 heterocycles. The van der Waals surface area contributed by atoms with E-state index in [0.717, 1.165) is 13.0 Å². The molecule has 11 heavy (non-hydrogen) atoms. The monoisotopic (exact) mass is 159 g/mol. The Morgan fingerprint density at radius 3 is 2.36 bits per heavy atom. The molecule has 0 spiro atoms. The first kappa shape index (κ1) is 8.98. The molecular formula is C9H18FN. The molecule has 1 aliphatic rings. The van der Waals surface area contributed by atoms with E-state index in [9.17, 15) is 4.39 Å². The molecule has 2 atom stereocenters. The summed E-state index contributed by atoms with van der Waals surface area (Å²) in [6, 6.07) is 0. The maximum absolute atomic E-state index is 12.0. The largest absolute Gasteiger partial charge is 0.330 e. The Morgan fingerprint density at radius 2 is 1.82 bits per heavy atom. The molecule has 2 heteroatoms. The van der Waals surface area contributed by atoms with Crippen molar-refractivity contribution in [3.05, 3.63) is 0 Å². The molecule has 0 amide bonds. The molecule has 0 bridgehead atoms. The molecule has 0 aromatic heterocycles. The van der Waals surface area contributed by atoms with Crippen LogP contribution in [0.3, 0.4) is 0 Å². The molecule has 1 saturated carbocycles. The number of alkyl halides is 1. The number of nitrogens with two attached hydrogens (primary N) is 1. The maximum Gasteiger partial charge on any atom is 0.0897 e. The smallest absolute Gasteiger partial charge is 0.0897 e. The van der Waals surface area contributed by atoms with Crippen LogP contribution in [-0.2, 0) is 0 Å². The van der Waals surface area contributed by atoms with Crippen LogP contribution < -0.4 is 5.73 Å². The van der Waals surface area contributed by atoms with Gasteiger partial charge in [-0.1, -0.05) is 19.3 Å². The van der Waals surface area contributed by atoms with Crippen molar-refractivity contribution in [1.29, 1.82) is 0 Å². The summed E-state index contributed by atoms with van der Waals surface area (Å²) < 4.78 is 12.0. The van der Waals surface area contributed by atoms with Gasteiger partial charge in [-0.25, -0.2) is 0 Å². The van der Waals surface area contributed by atoms with Gasteiger partial charge < -0.3 is 5.73 Å². The lowest BCUT2D eigenvalue weighted by Crippen LogP contribution is -2.27. The molecule has 0 aliphatic heterocycles. The Hall–Kier alpha value is -0.110. The second kappa shape index (κ2) is 4.70. The van der Waals surface area contributed by atoms with Crippen molar-refractivity contribution in [1.82, 2.24) is 0 Å². The van der Waals surface area contributed by atoms with Crippen molar-refractivity contribution in [2.24, 2.45) is 17.6 Å². The fraction of sp³-hybridized carbons (Fsp3) is 1.00. The van der Waals surface area contributed by atoms with Crippen molar-refractivity contribution >= 4 is 0 Å². The van der Waals surface area contributed by atoms with Gasteiger partial charge >= 0.3 is 0 Å². The van der Waals surface area contributed by atoms with E-state index in [-0.39, 0.29) is 6.67 Å². The predicted molar refractivity (Wildman–Crippen MR) is 45.1 cm³/mol. The van der Waals surface area contributed by atoms with E-state index < -0.39 is 0 Å². The molecule has 2 N–H and O–H groups in total. The lowest BCUT2D eigenvalue weighted by Gasteiger charge is -2.29. The van der Waals surface area contributed by atoms with E-state index >= 15 is 0 Å². The highest BCUT2D eigenvalue weighted by Gasteiger charge is 2.22. The van der Waals surface area contributed by atoms with E-state index in [4.69, 9.17) is 5.73 Å². The summed E-state index contributed by atoms with van der Waals surface area (Å²) in [7, 11) is 0. The Balaban J connectivity index is 2.31. The third-order valence-corrected chi connectivity index (χ3v) is 2.85. The van der Waals surface area contributed by atoms with E-state index in [1.807, 2.05) is 0 Å². The minimum Gasteiger partial charge on any atom is -0.330 e. The van der Waals surface area contributed by atoms with E-state index in [2.05, 4.69) is 0 Å². The quantitative estimate of drug-likeness (QED) is 0.670. The molecule has 66 valence electrons. The van der Waals surface area contributed by atoms with Gasteiger partial charge in [0, 0.05) is 0 Å². The highest BCUT2D eigenvalue weighted by Crippen LogP contribution is 2.31. The SMILES string of the molecule is NCC1CCCCC1CCF. The minimum atomic E-state index is -0.166. The summed E-state index contributed by atoms with van der Waals surface area (Å²) in [5.41, 5.74) is 5.60. The van der Waals surface area contributed by atoms with E-state index in [1.165, 1.54) is 25.7 Å². The summed E-state index contributed by atoms with van der Waals surface area (Å²) in [6.45, 7) is 0.589. The molecule has 0 radical (unpaired) electrons. The zero-order valence-electron chi connectivity index (χ0n) is 7.06. The number of hydrogen-bond donors (Lipinski definition) is 1. The molecular weight excluding hydrogens is 141 g/mol. The normalized spacial score (nSPS) is 32.2. The fourth-order valence-corrected chi connectivity index (χ4v) is 2.11. The van der Waals surface area contributed by atoms with Gasteiger partial charge in [-0.05, 0) is 31.2 Å². The van der Waals surface area contributed by atoms with Gasteiger partial charge in [-0.15, -0.1) is 0 Å². The Labute approximate surface area is 68.2 Å². The van der Waals surface area contributed by atoms with Crippen molar-refractivity contribution < 1.29 is 4.39 Å². The van der Waals surface area contributed by atoms with E-state index in [1.54, 1.807) is 0 Å². The van der Waals surface area contributed by atoms with Crippen molar-refractivity contribution in [2.45, 2.75) is 32.1 Å². The van der Waals surface area contributed by atoms with Gasteiger partial charge in [0.25, 0.3) is 0 Å². The molecule has 1 aliphatic carbocycles. The molecule has 2 unspecified atom stereocenters. The van der Waals surface area contributed by atoms with Gasteiger partial charge in [0.2, 0.25) is 0 Å². The third kappa shape index (κ3) is 2.44. The van der Waals surface area contributed by atoms with Crippen LogP contribution in [0.2, 0.25) is 0 Å². The highest BCUT2D eigenvalue weighted by atomic mass is 19.1. The third-order valence-electron chi connectivity index (χ3n) is 2.85. The zero-order valence-corrected chi connectivity index (χ0v) is 7.06. The lowest BCUT2D eigenvalue weighted by molar-refractivity contribution is 0.214. The van der Waals surface area contributed by atoms with Crippen LogP contribution in [0.5, 0.6) is 0 Å². The van der Waals surface area contributed by atoms with Crippen LogP contribution in [0.25, 0.3) is 0 Å². The second-order valence-corrected chi connectivity index (χ2v) is 3.52. The van der Waals surface area contributed by atoms with Crippen LogP contribution in [0.15, 0.2) is 0 Å². The Morgan fingerprint density at radius 1 is 1.18 bits per heavy atom. The molecule has 1 fully saturated rings. The first-order chi connectivity index (χ1) is 5.38. The topological polar surface area (TPSA) is 26.0 Å². The van der Waals surface area contributed by atoms with Gasteiger partial charge in [-0.3, -0.25) is 4.39 Å². The van der Waals surface area contributed by atoms with Crippen LogP contribution >= 0.6 is 0 Å². The van der Waals surface area contributed by atoms with Crippen LogP contribution in [0, 0.1) is 11.8 Å². The number of halogens is 1. The van der Waals surface area contributed by atoms with Gasteiger partial charge in [-0.2, -0.15) is 0 Å². The summed E-state index contributed by atoms with van der Waals surface area (Å²) in [4.78, 5) is 0. The second-order valence-electron chi connectivity index (χ2n) is 3.52. The first-order valence-corrected chi connectivity index (χ1v) is 4.64. The van der Waals surface area contributed by atoms with Crippen molar-refractivity contribution in [2.75, 3.05) is 13.2 Å². The fourth-order valence-electron chi connectivity index (χ4n) is 2.11. The summed E-state index contributed by atoms with van der Waals surface area (Å²) in [5, 5.41) is 0. The summed E-state index contributed by atoms with van der Waals surface area (Å²) in [5.74, 6) is 1.19. The average Bonchev–Trinajstić information content (AvgIpc) is 2.06. The van der Waals surface area contributed by atoms with Crippen LogP contribution in [0.1, 0.15) is 32.1 Å². The molecule has 1 nitrogen and oxygen atoms in total. The number of hydrogen-bond acceptors (Lipinski definition) is 1. The van der Waals surface area contributed by atoms with E-state index in [0.29, 0.717) is 11.8 Å². The van der Waals surface area contributed by atoms with Crippen LogP contribution in [0.4, 0.5) is 4.39 Å². The average molecular weight is 159 g/mol. The van der Waals surface area contributed by atoms with Crippen molar-refractivity contribution in [3.63, 3.8) is 0 Å². The van der Waals surface area contributed by atoms with Crippen molar-refractivity contribution in [3.8, 4) is 0 Å². The standard InChI is InChI=1S/C9H18FN/c10-6-5-8-3-1-2-4-9(8)7-11/h8-9H,1-7,11H2. The Bertz CT molecular complexity index is 104. The van der Waals surface area contributed by atoms with Gasteiger partial charge in [0.15, 0.2) is 0 Å². The zero-order chi connectivity index (χ0) is 8.10. The predicted octanol–water partition coefficient (Wildman–Crippen LogP) is 2.11. The maximum atomic E-state index is 12.0. The molecule has 0 aromatic carbocycles. The van der Waals surface area contributed by atoms with Gasteiger partial charge in [0.05, 0.1) is 6.67 Å². The van der Waals surface area contributed by atoms with Crippen LogP contribution in [-0.4, -0.2) is 13.2 Å². The highest BCUT2D eigenvalue weighted by molar-refractivity contribution is 4.75. The minimum absolute atomic E-state index is 0.166. The first-order valence-electron chi connectivity index (χ1n) is 4.64. The molecule has 0 aromatic rings. The number of rotatable bonds is 3. The lowest BCUT2D eigenvalue weighted by atomic mass is 9.78. The summed E-state index contributed by atoms with van der Waals surface area (Å²) in [6.07, 6.45) is 5.74. The molecule has 0 saturated heterocycles. The summed E-state index contributed by atoms with van der Waals surface area (Å²) >= 11 is 0. The Kier molecular flexibility index (Phi) is 3.84. The molecule has 1 rings (SSSR count). The van der Waals surface area contributed by atoms with Gasteiger partial charge in [0.1, 0.15) is 0 Å².